The lowest BCUT2D eigenvalue weighted by Crippen LogP contribution is -2.55. The highest BCUT2D eigenvalue weighted by atomic mass is 16.5. The minimum Gasteiger partial charge on any atom is -0.360 e. The second-order valence-corrected chi connectivity index (χ2v) is 8.08. The van der Waals surface area contributed by atoms with Crippen LogP contribution >= 0.6 is 0 Å². The van der Waals surface area contributed by atoms with E-state index in [9.17, 15) is 14.9 Å². The first-order valence-corrected chi connectivity index (χ1v) is 10.3. The number of aryl methyl sites for hydroxylation is 1. The Kier molecular flexibility index (Phi) is 6.87. The van der Waals surface area contributed by atoms with Crippen molar-refractivity contribution >= 4 is 17.6 Å². The van der Waals surface area contributed by atoms with Crippen molar-refractivity contribution in [3.63, 3.8) is 0 Å². The van der Waals surface area contributed by atoms with Gasteiger partial charge < -0.3 is 14.7 Å². The van der Waals surface area contributed by atoms with Crippen LogP contribution in [0.4, 0.5) is 5.82 Å². The minimum atomic E-state index is -0.644. The molecular weight excluding hydrogens is 372 g/mol. The molecule has 2 heterocycles. The smallest absolute Gasteiger partial charge is 0.239 e. The number of hydrogen-bond acceptors (Lipinski definition) is 7. The van der Waals surface area contributed by atoms with Gasteiger partial charge in [-0.15, -0.1) is 0 Å². The minimum absolute atomic E-state index is 0.000968. The van der Waals surface area contributed by atoms with E-state index in [0.717, 1.165) is 45.2 Å². The summed E-state index contributed by atoms with van der Waals surface area (Å²) in [6.07, 6.45) is 4.66. The monoisotopic (exact) mass is 402 g/mol. The zero-order valence-electron chi connectivity index (χ0n) is 17.3. The Labute approximate surface area is 171 Å². The van der Waals surface area contributed by atoms with E-state index in [0.29, 0.717) is 31.2 Å². The highest BCUT2D eigenvalue weighted by Crippen LogP contribution is 2.32. The summed E-state index contributed by atoms with van der Waals surface area (Å²) in [6, 6.07) is 4.09. The lowest BCUT2D eigenvalue weighted by Gasteiger charge is -2.40. The quantitative estimate of drug-likeness (QED) is 0.763. The molecule has 2 amide bonds. The normalized spacial score (nSPS) is 20.0. The van der Waals surface area contributed by atoms with E-state index in [1.165, 1.54) is 0 Å². The molecule has 3 rings (SSSR count). The van der Waals surface area contributed by atoms with Crippen LogP contribution < -0.4 is 5.32 Å². The molecular formula is C20H30N6O3. The second kappa shape index (κ2) is 9.37. The Hall–Kier alpha value is -2.44. The molecule has 0 radical (unpaired) electrons. The summed E-state index contributed by atoms with van der Waals surface area (Å²) in [7, 11) is 1.77. The van der Waals surface area contributed by atoms with Gasteiger partial charge in [-0.25, -0.2) is 0 Å². The van der Waals surface area contributed by atoms with Crippen molar-refractivity contribution in [1.82, 2.24) is 19.9 Å². The first-order chi connectivity index (χ1) is 13.9. The maximum atomic E-state index is 12.8. The van der Waals surface area contributed by atoms with Crippen molar-refractivity contribution in [2.24, 2.45) is 0 Å². The summed E-state index contributed by atoms with van der Waals surface area (Å²) in [4.78, 5) is 30.8. The van der Waals surface area contributed by atoms with Crippen molar-refractivity contribution < 1.29 is 14.1 Å². The van der Waals surface area contributed by atoms with Gasteiger partial charge in [0, 0.05) is 39.3 Å². The summed E-state index contributed by atoms with van der Waals surface area (Å²) >= 11 is 0. The van der Waals surface area contributed by atoms with Crippen molar-refractivity contribution in [3.05, 3.63) is 11.8 Å². The first kappa shape index (κ1) is 21.3. The van der Waals surface area contributed by atoms with E-state index >= 15 is 0 Å². The molecule has 1 aromatic rings. The zero-order valence-corrected chi connectivity index (χ0v) is 17.3. The number of amides is 2. The Morgan fingerprint density at radius 2 is 1.83 bits per heavy atom. The number of carbonyl (C=O) groups excluding carboxylic acids is 2. The van der Waals surface area contributed by atoms with Gasteiger partial charge >= 0.3 is 0 Å². The van der Waals surface area contributed by atoms with Crippen LogP contribution in [0, 0.1) is 18.3 Å². The predicted octanol–water partition coefficient (Wildman–Crippen LogP) is 1.22. The lowest BCUT2D eigenvalue weighted by atomic mass is 9.81. The molecule has 1 saturated carbocycles. The first-order valence-electron chi connectivity index (χ1n) is 10.3. The molecule has 1 N–H and O–H groups in total. The van der Waals surface area contributed by atoms with Gasteiger partial charge in [0.25, 0.3) is 0 Å². The molecule has 1 aliphatic carbocycles. The van der Waals surface area contributed by atoms with Gasteiger partial charge in [0.2, 0.25) is 11.8 Å². The molecule has 158 valence electrons. The number of rotatable bonds is 6. The average molecular weight is 402 g/mol. The van der Waals surface area contributed by atoms with E-state index in [2.05, 4.69) is 26.3 Å². The number of nitriles is 1. The maximum absolute atomic E-state index is 12.8. The number of anilines is 1. The topological polar surface area (TPSA) is 106 Å². The fourth-order valence-corrected chi connectivity index (χ4v) is 4.11. The number of nitrogens with one attached hydrogen (secondary N) is 1. The third-order valence-electron chi connectivity index (χ3n) is 5.99. The molecule has 9 heteroatoms. The van der Waals surface area contributed by atoms with Gasteiger partial charge in [-0.3, -0.25) is 19.4 Å². The van der Waals surface area contributed by atoms with E-state index in [4.69, 9.17) is 4.52 Å². The summed E-state index contributed by atoms with van der Waals surface area (Å²) in [5.41, 5.74) is -0.644. The number of piperazine rings is 1. The molecule has 2 aliphatic rings. The van der Waals surface area contributed by atoms with Gasteiger partial charge in [0.15, 0.2) is 5.82 Å². The van der Waals surface area contributed by atoms with E-state index < -0.39 is 5.54 Å². The molecule has 0 aromatic carbocycles. The molecule has 1 aromatic heterocycles. The van der Waals surface area contributed by atoms with E-state index in [1.807, 2.05) is 0 Å². The van der Waals surface area contributed by atoms with Crippen LogP contribution in [0.1, 0.15) is 37.9 Å². The Balaban J connectivity index is 1.42. The van der Waals surface area contributed by atoms with Gasteiger partial charge in [0.05, 0.1) is 19.2 Å². The number of likely N-dealkylation sites (N-methyl/N-ethyl adjacent to an activating group) is 1. The standard InChI is InChI=1S/C20H30N6O3/c1-16-12-17(23-29-16)22-18(27)13-25-8-10-26(11-9-25)14-19(28)24(2)20(15-21)6-4-3-5-7-20/h12H,3-11,13-14H2,1-2H3,(H,22,23,27). The SMILES string of the molecule is Cc1cc(NC(=O)CN2CCN(CC(=O)N(C)C3(C#N)CCCCC3)CC2)no1. The molecule has 29 heavy (non-hydrogen) atoms. The van der Waals surface area contributed by atoms with Crippen LogP contribution in [0.3, 0.4) is 0 Å². The Morgan fingerprint density at radius 1 is 1.21 bits per heavy atom. The fraction of sp³-hybridized carbons (Fsp3) is 0.700. The van der Waals surface area contributed by atoms with Crippen molar-refractivity contribution in [3.8, 4) is 6.07 Å². The molecule has 2 fully saturated rings. The number of carbonyl (C=O) groups is 2. The molecule has 0 spiro atoms. The summed E-state index contributed by atoms with van der Waals surface area (Å²) in [5, 5.41) is 16.2. The van der Waals surface area contributed by atoms with Crippen LogP contribution in [0.15, 0.2) is 10.6 Å². The molecule has 0 atom stereocenters. The number of hydrogen-bond donors (Lipinski definition) is 1. The van der Waals surface area contributed by atoms with Crippen LogP contribution in [-0.2, 0) is 9.59 Å². The largest absolute Gasteiger partial charge is 0.360 e. The van der Waals surface area contributed by atoms with Crippen LogP contribution in [0.2, 0.25) is 0 Å². The third kappa shape index (κ3) is 5.34. The van der Waals surface area contributed by atoms with Gasteiger partial charge in [-0.05, 0) is 19.8 Å². The van der Waals surface area contributed by atoms with Crippen molar-refractivity contribution in [2.45, 2.75) is 44.6 Å². The molecule has 1 aliphatic heterocycles. The highest BCUT2D eigenvalue weighted by Gasteiger charge is 2.39. The van der Waals surface area contributed by atoms with Crippen LogP contribution in [0.25, 0.3) is 0 Å². The average Bonchev–Trinajstić information content (AvgIpc) is 3.13. The van der Waals surface area contributed by atoms with Crippen molar-refractivity contribution in [2.75, 3.05) is 51.6 Å². The van der Waals surface area contributed by atoms with Crippen LogP contribution in [-0.4, -0.2) is 83.5 Å². The summed E-state index contributed by atoms with van der Waals surface area (Å²) in [5.74, 6) is 0.945. The van der Waals surface area contributed by atoms with Gasteiger partial charge in [-0.1, -0.05) is 24.4 Å². The summed E-state index contributed by atoms with van der Waals surface area (Å²) < 4.78 is 4.94. The molecule has 0 bridgehead atoms. The number of nitrogens with zero attached hydrogens (tertiary/aromatic N) is 5. The van der Waals surface area contributed by atoms with Gasteiger partial charge in [-0.2, -0.15) is 5.26 Å². The molecule has 0 unspecified atom stereocenters. The third-order valence-corrected chi connectivity index (χ3v) is 5.99. The summed E-state index contributed by atoms with van der Waals surface area (Å²) in [6.45, 7) is 5.24. The second-order valence-electron chi connectivity index (χ2n) is 8.08. The Bertz CT molecular complexity index is 757. The predicted molar refractivity (Wildman–Crippen MR) is 107 cm³/mol. The van der Waals surface area contributed by atoms with Gasteiger partial charge in [0.1, 0.15) is 11.3 Å². The maximum Gasteiger partial charge on any atom is 0.239 e. The lowest BCUT2D eigenvalue weighted by molar-refractivity contribution is -0.136. The fourth-order valence-electron chi connectivity index (χ4n) is 4.11. The molecule has 1 saturated heterocycles. The Morgan fingerprint density at radius 3 is 2.38 bits per heavy atom. The zero-order chi connectivity index (χ0) is 20.9. The van der Waals surface area contributed by atoms with Crippen molar-refractivity contribution in [1.29, 1.82) is 5.26 Å². The highest BCUT2D eigenvalue weighted by molar-refractivity contribution is 5.91. The molecule has 9 nitrogen and oxygen atoms in total. The van der Waals surface area contributed by atoms with E-state index in [1.54, 1.807) is 24.9 Å². The van der Waals surface area contributed by atoms with Crippen LogP contribution in [0.5, 0.6) is 0 Å². The van der Waals surface area contributed by atoms with E-state index in [-0.39, 0.29) is 18.4 Å². The number of aromatic nitrogens is 1.